The van der Waals surface area contributed by atoms with E-state index >= 15 is 0 Å². The number of benzene rings is 1. The van der Waals surface area contributed by atoms with Crippen molar-refractivity contribution < 1.29 is 0 Å². The van der Waals surface area contributed by atoms with E-state index < -0.39 is 0 Å². The number of H-pyrrole nitrogens is 1. The highest BCUT2D eigenvalue weighted by Gasteiger charge is 2.02. The van der Waals surface area contributed by atoms with Crippen LogP contribution in [0.4, 0.5) is 0 Å². The number of nitrogens with zero attached hydrogens (tertiary/aromatic N) is 3. The van der Waals surface area contributed by atoms with E-state index in [2.05, 4.69) is 37.5 Å². The molecule has 1 aromatic carbocycles. The zero-order chi connectivity index (χ0) is 17.3. The number of hydrogen-bond acceptors (Lipinski definition) is 3. The first-order valence-corrected chi connectivity index (χ1v) is 8.71. The fourth-order valence-electron chi connectivity index (χ4n) is 2.59. The minimum absolute atomic E-state index is 0.679. The zero-order valence-corrected chi connectivity index (χ0v) is 14.5. The second kappa shape index (κ2) is 8.82. The second-order valence-electron chi connectivity index (χ2n) is 5.71. The van der Waals surface area contributed by atoms with Crippen molar-refractivity contribution in [2.45, 2.75) is 19.8 Å². The van der Waals surface area contributed by atoms with Gasteiger partial charge in [-0.3, -0.25) is 9.98 Å². The summed E-state index contributed by atoms with van der Waals surface area (Å²) >= 11 is 0. The number of aliphatic imine (C=N–C) groups is 1. The van der Waals surface area contributed by atoms with Crippen LogP contribution < -0.4 is 10.6 Å². The van der Waals surface area contributed by atoms with Crippen LogP contribution in [0, 0.1) is 0 Å². The van der Waals surface area contributed by atoms with Crippen LogP contribution in [0.25, 0.3) is 11.0 Å². The Morgan fingerprint density at radius 2 is 1.96 bits per heavy atom. The third-order valence-electron chi connectivity index (χ3n) is 3.80. The van der Waals surface area contributed by atoms with Crippen molar-refractivity contribution in [1.82, 2.24) is 25.6 Å². The number of pyridine rings is 1. The van der Waals surface area contributed by atoms with Crippen LogP contribution in [0.5, 0.6) is 0 Å². The van der Waals surface area contributed by atoms with E-state index in [0.717, 1.165) is 54.4 Å². The molecule has 0 bridgehead atoms. The Morgan fingerprint density at radius 3 is 2.76 bits per heavy atom. The van der Waals surface area contributed by atoms with Crippen molar-refractivity contribution in [2.75, 3.05) is 19.6 Å². The summed E-state index contributed by atoms with van der Waals surface area (Å²) in [6, 6.07) is 14.0. The Kier molecular flexibility index (Phi) is 5.98. The molecule has 0 saturated heterocycles. The number of nitrogens with one attached hydrogen (secondary N) is 3. The molecule has 0 unspecified atom stereocenters. The average molecular weight is 336 g/mol. The van der Waals surface area contributed by atoms with Crippen molar-refractivity contribution >= 4 is 17.0 Å². The Bertz CT molecular complexity index is 776. The third-order valence-corrected chi connectivity index (χ3v) is 3.80. The minimum atomic E-state index is 0.679. The molecule has 0 aliphatic heterocycles. The van der Waals surface area contributed by atoms with E-state index in [1.54, 1.807) is 0 Å². The van der Waals surface area contributed by atoms with Crippen molar-refractivity contribution in [1.29, 1.82) is 0 Å². The van der Waals surface area contributed by atoms with Crippen LogP contribution in [0.2, 0.25) is 0 Å². The molecule has 0 radical (unpaired) electrons. The highest BCUT2D eigenvalue weighted by molar-refractivity contribution is 5.79. The van der Waals surface area contributed by atoms with Gasteiger partial charge in [0, 0.05) is 44.4 Å². The smallest absolute Gasteiger partial charge is 0.191 e. The van der Waals surface area contributed by atoms with Crippen molar-refractivity contribution in [3.8, 4) is 0 Å². The second-order valence-corrected chi connectivity index (χ2v) is 5.71. The molecule has 0 aliphatic carbocycles. The van der Waals surface area contributed by atoms with Gasteiger partial charge in [0.25, 0.3) is 0 Å². The van der Waals surface area contributed by atoms with Gasteiger partial charge in [0.05, 0.1) is 11.0 Å². The lowest BCUT2D eigenvalue weighted by Crippen LogP contribution is -2.38. The monoisotopic (exact) mass is 336 g/mol. The van der Waals surface area contributed by atoms with Crippen LogP contribution in [0.15, 0.2) is 53.7 Å². The van der Waals surface area contributed by atoms with Gasteiger partial charge in [-0.1, -0.05) is 18.2 Å². The maximum atomic E-state index is 4.62. The fourth-order valence-corrected chi connectivity index (χ4v) is 2.59. The van der Waals surface area contributed by atoms with Gasteiger partial charge in [-0.2, -0.15) is 0 Å². The average Bonchev–Trinajstić information content (AvgIpc) is 3.05. The van der Waals surface area contributed by atoms with Crippen LogP contribution >= 0.6 is 0 Å². The number of rotatable bonds is 7. The molecular weight excluding hydrogens is 312 g/mol. The molecule has 0 saturated carbocycles. The number of aromatic nitrogens is 3. The minimum Gasteiger partial charge on any atom is -0.357 e. The van der Waals surface area contributed by atoms with Gasteiger partial charge in [-0.25, -0.2) is 4.98 Å². The van der Waals surface area contributed by atoms with Crippen LogP contribution in [-0.2, 0) is 12.8 Å². The maximum absolute atomic E-state index is 4.62. The topological polar surface area (TPSA) is 78.0 Å². The summed E-state index contributed by atoms with van der Waals surface area (Å²) in [6.07, 6.45) is 3.47. The standard InChI is InChI=1S/C19H24N6/c1-2-20-19(22-13-10-15-7-5-6-12-21-15)23-14-11-18-24-16-8-3-4-9-17(16)25-18/h3-9,12H,2,10-11,13-14H2,1H3,(H,24,25)(H2,20,22,23). The summed E-state index contributed by atoms with van der Waals surface area (Å²) in [4.78, 5) is 16.9. The molecule has 3 rings (SSSR count). The van der Waals surface area contributed by atoms with E-state index in [0.29, 0.717) is 6.54 Å². The molecule has 6 heteroatoms. The van der Waals surface area contributed by atoms with Gasteiger partial charge in [0.2, 0.25) is 0 Å². The Balaban J connectivity index is 1.50. The lowest BCUT2D eigenvalue weighted by Gasteiger charge is -2.10. The molecule has 0 spiro atoms. The molecule has 3 N–H and O–H groups in total. The molecule has 0 amide bonds. The van der Waals surface area contributed by atoms with E-state index in [1.165, 1.54) is 0 Å². The highest BCUT2D eigenvalue weighted by atomic mass is 15.2. The number of fused-ring (bicyclic) bond motifs is 1. The largest absolute Gasteiger partial charge is 0.357 e. The number of para-hydroxylation sites is 2. The van der Waals surface area contributed by atoms with Crippen LogP contribution in [0.1, 0.15) is 18.4 Å². The van der Waals surface area contributed by atoms with Gasteiger partial charge in [-0.05, 0) is 31.2 Å². The summed E-state index contributed by atoms with van der Waals surface area (Å²) in [5, 5.41) is 6.62. The summed E-state index contributed by atoms with van der Waals surface area (Å²) in [7, 11) is 0. The molecule has 2 heterocycles. The van der Waals surface area contributed by atoms with Gasteiger partial charge in [0.15, 0.2) is 5.96 Å². The predicted molar refractivity (Wildman–Crippen MR) is 102 cm³/mol. The summed E-state index contributed by atoms with van der Waals surface area (Å²) < 4.78 is 0. The molecule has 130 valence electrons. The molecule has 25 heavy (non-hydrogen) atoms. The van der Waals surface area contributed by atoms with Crippen LogP contribution in [0.3, 0.4) is 0 Å². The first kappa shape index (κ1) is 17.0. The summed E-state index contributed by atoms with van der Waals surface area (Å²) in [5.41, 5.74) is 3.15. The predicted octanol–water partition coefficient (Wildman–Crippen LogP) is 2.30. The highest BCUT2D eigenvalue weighted by Crippen LogP contribution is 2.10. The van der Waals surface area contributed by atoms with Crippen LogP contribution in [-0.4, -0.2) is 40.5 Å². The van der Waals surface area contributed by atoms with E-state index in [9.17, 15) is 0 Å². The number of aromatic amines is 1. The lowest BCUT2D eigenvalue weighted by atomic mass is 10.3. The molecular formula is C19H24N6. The maximum Gasteiger partial charge on any atom is 0.191 e. The Morgan fingerprint density at radius 1 is 1.08 bits per heavy atom. The van der Waals surface area contributed by atoms with Crippen molar-refractivity contribution in [3.63, 3.8) is 0 Å². The van der Waals surface area contributed by atoms with Gasteiger partial charge < -0.3 is 15.6 Å². The number of guanidine groups is 1. The quantitative estimate of drug-likeness (QED) is 0.457. The summed E-state index contributed by atoms with van der Waals surface area (Å²) in [5.74, 6) is 1.80. The third kappa shape index (κ3) is 5.04. The number of hydrogen-bond donors (Lipinski definition) is 3. The summed E-state index contributed by atoms with van der Waals surface area (Å²) in [6.45, 7) is 4.38. The first-order chi connectivity index (χ1) is 12.3. The SMILES string of the molecule is CCNC(=NCCc1nc2ccccc2[nH]1)NCCc1ccccn1. The van der Waals surface area contributed by atoms with E-state index in [1.807, 2.05) is 48.7 Å². The van der Waals surface area contributed by atoms with Gasteiger partial charge >= 0.3 is 0 Å². The molecule has 6 nitrogen and oxygen atoms in total. The Hall–Kier alpha value is -2.89. The molecule has 2 aromatic heterocycles. The van der Waals surface area contributed by atoms with E-state index in [4.69, 9.17) is 0 Å². The molecule has 0 fully saturated rings. The normalized spacial score (nSPS) is 11.6. The lowest BCUT2D eigenvalue weighted by molar-refractivity contribution is 0.782. The molecule has 0 atom stereocenters. The van der Waals surface area contributed by atoms with Crippen molar-refractivity contribution in [3.05, 3.63) is 60.2 Å². The number of imidazole rings is 1. The van der Waals surface area contributed by atoms with Gasteiger partial charge in [-0.15, -0.1) is 0 Å². The van der Waals surface area contributed by atoms with Gasteiger partial charge in [0.1, 0.15) is 5.82 Å². The molecule has 3 aromatic rings. The first-order valence-electron chi connectivity index (χ1n) is 8.71. The van der Waals surface area contributed by atoms with E-state index in [-0.39, 0.29) is 0 Å². The molecule has 0 aliphatic rings. The zero-order valence-electron chi connectivity index (χ0n) is 14.5. The Labute approximate surface area is 147 Å². The fraction of sp³-hybridized carbons (Fsp3) is 0.316. The van der Waals surface area contributed by atoms with Crippen molar-refractivity contribution in [2.24, 2.45) is 4.99 Å².